The number of hydrogen-bond donors (Lipinski definition) is 1. The first-order valence-electron chi connectivity index (χ1n) is 6.53. The highest BCUT2D eigenvalue weighted by molar-refractivity contribution is 5.26. The molecule has 3 atom stereocenters. The van der Waals surface area contributed by atoms with Crippen LogP contribution in [0.4, 0.5) is 0 Å². The third-order valence-electron chi connectivity index (χ3n) is 3.59. The van der Waals surface area contributed by atoms with Gasteiger partial charge in [0.2, 0.25) is 11.8 Å². The number of aromatic nitrogens is 2. The van der Waals surface area contributed by atoms with Crippen molar-refractivity contribution in [2.75, 3.05) is 20.8 Å². The maximum atomic E-state index is 6.33. The highest BCUT2D eigenvalue weighted by atomic mass is 16.5. The van der Waals surface area contributed by atoms with Crippen LogP contribution in [0.2, 0.25) is 0 Å². The van der Waals surface area contributed by atoms with Gasteiger partial charge in [-0.1, -0.05) is 6.92 Å². The second-order valence-electron chi connectivity index (χ2n) is 4.60. The monoisotopic (exact) mass is 267 g/mol. The molecule has 0 aliphatic carbocycles. The lowest BCUT2D eigenvalue weighted by Gasteiger charge is -2.24. The lowest BCUT2D eigenvalue weighted by Crippen LogP contribution is -2.29. The lowest BCUT2D eigenvalue weighted by molar-refractivity contribution is 0.0806. The van der Waals surface area contributed by atoms with Gasteiger partial charge in [-0.3, -0.25) is 0 Å². The molecule has 19 heavy (non-hydrogen) atoms. The second kappa shape index (κ2) is 6.16. The Kier molecular flexibility index (Phi) is 4.55. The van der Waals surface area contributed by atoms with Crippen LogP contribution in [-0.4, -0.2) is 36.9 Å². The summed E-state index contributed by atoms with van der Waals surface area (Å²) in [6, 6.07) is -0.235. The van der Waals surface area contributed by atoms with Gasteiger partial charge >= 0.3 is 0 Å². The van der Waals surface area contributed by atoms with E-state index in [2.05, 4.69) is 16.9 Å². The van der Waals surface area contributed by atoms with Gasteiger partial charge in [0.1, 0.15) is 5.69 Å². The Morgan fingerprint density at radius 1 is 1.47 bits per heavy atom. The van der Waals surface area contributed by atoms with E-state index in [1.807, 2.05) is 0 Å². The zero-order valence-electron chi connectivity index (χ0n) is 11.6. The number of hydrogen-bond acceptors (Lipinski definition) is 6. The number of nitrogens with zero attached hydrogens (tertiary/aromatic N) is 2. The molecule has 1 aromatic rings. The third-order valence-corrected chi connectivity index (χ3v) is 3.59. The van der Waals surface area contributed by atoms with Crippen molar-refractivity contribution in [3.63, 3.8) is 0 Å². The third kappa shape index (κ3) is 2.79. The molecule has 2 N–H and O–H groups in total. The van der Waals surface area contributed by atoms with Crippen molar-refractivity contribution in [2.45, 2.75) is 31.9 Å². The summed E-state index contributed by atoms with van der Waals surface area (Å²) in [7, 11) is 3.10. The molecule has 1 saturated heterocycles. The Morgan fingerprint density at radius 3 is 2.89 bits per heavy atom. The van der Waals surface area contributed by atoms with Crippen molar-refractivity contribution >= 4 is 0 Å². The molecule has 1 aliphatic rings. The van der Waals surface area contributed by atoms with Crippen LogP contribution in [0, 0.1) is 5.92 Å². The van der Waals surface area contributed by atoms with E-state index in [9.17, 15) is 0 Å². The summed E-state index contributed by atoms with van der Waals surface area (Å²) >= 11 is 0. The summed E-state index contributed by atoms with van der Waals surface area (Å²) in [6.45, 7) is 2.86. The van der Waals surface area contributed by atoms with Gasteiger partial charge in [-0.05, 0) is 12.8 Å². The molecular weight excluding hydrogens is 246 g/mol. The number of nitrogens with two attached hydrogens (primary N) is 1. The Balaban J connectivity index is 2.25. The molecule has 0 aromatic carbocycles. The summed E-state index contributed by atoms with van der Waals surface area (Å²) in [6.07, 6.45) is 3.64. The fourth-order valence-corrected chi connectivity index (χ4v) is 2.54. The van der Waals surface area contributed by atoms with Crippen molar-refractivity contribution in [1.82, 2.24) is 9.97 Å². The first-order chi connectivity index (χ1) is 9.21. The summed E-state index contributed by atoms with van der Waals surface area (Å²) < 4.78 is 16.0. The van der Waals surface area contributed by atoms with E-state index in [1.165, 1.54) is 0 Å². The van der Waals surface area contributed by atoms with E-state index < -0.39 is 0 Å². The lowest BCUT2D eigenvalue weighted by atomic mass is 9.90. The van der Waals surface area contributed by atoms with Gasteiger partial charge in [0.05, 0.1) is 32.6 Å². The highest BCUT2D eigenvalue weighted by Crippen LogP contribution is 2.35. The Morgan fingerprint density at radius 2 is 2.26 bits per heavy atom. The SMILES string of the molecule is CCC1OCCC1C(N)c1ncc(OC)nc1OC. The highest BCUT2D eigenvalue weighted by Gasteiger charge is 2.35. The Labute approximate surface area is 113 Å². The molecular formula is C13H21N3O3. The van der Waals surface area contributed by atoms with Crippen LogP contribution in [0.15, 0.2) is 6.20 Å². The predicted octanol–water partition coefficient (Wildman–Crippen LogP) is 1.31. The predicted molar refractivity (Wildman–Crippen MR) is 70.2 cm³/mol. The second-order valence-corrected chi connectivity index (χ2v) is 4.60. The number of ether oxygens (including phenoxy) is 3. The minimum absolute atomic E-state index is 0.184. The van der Waals surface area contributed by atoms with E-state index in [4.69, 9.17) is 19.9 Å². The Bertz CT molecular complexity index is 428. The zero-order chi connectivity index (χ0) is 13.8. The van der Waals surface area contributed by atoms with E-state index in [-0.39, 0.29) is 18.1 Å². The Hall–Kier alpha value is -1.40. The number of methoxy groups -OCH3 is 2. The van der Waals surface area contributed by atoms with Crippen LogP contribution in [-0.2, 0) is 4.74 Å². The molecule has 2 heterocycles. The van der Waals surface area contributed by atoms with Crippen LogP contribution in [0.1, 0.15) is 31.5 Å². The van der Waals surface area contributed by atoms with Gasteiger partial charge in [-0.25, -0.2) is 4.98 Å². The zero-order valence-corrected chi connectivity index (χ0v) is 11.6. The molecule has 0 amide bonds. The molecule has 1 aromatic heterocycles. The summed E-state index contributed by atoms with van der Waals surface area (Å²) in [5.41, 5.74) is 6.99. The smallest absolute Gasteiger partial charge is 0.240 e. The first kappa shape index (κ1) is 14.0. The van der Waals surface area contributed by atoms with E-state index in [0.717, 1.165) is 19.4 Å². The van der Waals surface area contributed by atoms with Gasteiger partial charge < -0.3 is 19.9 Å². The van der Waals surface area contributed by atoms with Gasteiger partial charge in [0.15, 0.2) is 0 Å². The van der Waals surface area contributed by atoms with Gasteiger partial charge in [0, 0.05) is 12.5 Å². The van der Waals surface area contributed by atoms with E-state index in [1.54, 1.807) is 20.4 Å². The van der Waals surface area contributed by atoms with Gasteiger partial charge in [-0.2, -0.15) is 4.98 Å². The molecule has 1 fully saturated rings. The molecule has 3 unspecified atom stereocenters. The molecule has 2 rings (SSSR count). The van der Waals surface area contributed by atoms with Crippen LogP contribution in [0.5, 0.6) is 11.8 Å². The maximum Gasteiger partial charge on any atom is 0.240 e. The van der Waals surface area contributed by atoms with Crippen LogP contribution >= 0.6 is 0 Å². The topological polar surface area (TPSA) is 79.5 Å². The minimum atomic E-state index is -0.235. The fourth-order valence-electron chi connectivity index (χ4n) is 2.54. The first-order valence-corrected chi connectivity index (χ1v) is 6.53. The van der Waals surface area contributed by atoms with Crippen LogP contribution < -0.4 is 15.2 Å². The molecule has 0 radical (unpaired) electrons. The van der Waals surface area contributed by atoms with Gasteiger partial charge in [0.25, 0.3) is 0 Å². The van der Waals surface area contributed by atoms with Gasteiger partial charge in [-0.15, -0.1) is 0 Å². The molecule has 1 aliphatic heterocycles. The van der Waals surface area contributed by atoms with Crippen LogP contribution in [0.25, 0.3) is 0 Å². The minimum Gasteiger partial charge on any atom is -0.480 e. The summed E-state index contributed by atoms with van der Waals surface area (Å²) in [5.74, 6) is 1.10. The fraction of sp³-hybridized carbons (Fsp3) is 0.692. The van der Waals surface area contributed by atoms with Crippen molar-refractivity contribution < 1.29 is 14.2 Å². The molecule has 6 heteroatoms. The van der Waals surface area contributed by atoms with Crippen molar-refractivity contribution in [2.24, 2.45) is 11.7 Å². The number of rotatable bonds is 5. The van der Waals surface area contributed by atoms with E-state index >= 15 is 0 Å². The van der Waals surface area contributed by atoms with Crippen LogP contribution in [0.3, 0.4) is 0 Å². The normalized spacial score (nSPS) is 24.2. The van der Waals surface area contributed by atoms with E-state index in [0.29, 0.717) is 17.5 Å². The standard InChI is InChI=1S/C13H21N3O3/c1-4-9-8(5-6-19-9)11(14)12-13(18-3)16-10(17-2)7-15-12/h7-9,11H,4-6,14H2,1-3H3. The summed E-state index contributed by atoms with van der Waals surface area (Å²) in [4.78, 5) is 8.57. The van der Waals surface area contributed by atoms with Crippen molar-refractivity contribution in [1.29, 1.82) is 0 Å². The largest absolute Gasteiger partial charge is 0.480 e. The van der Waals surface area contributed by atoms with Crippen molar-refractivity contribution in [3.8, 4) is 11.8 Å². The average molecular weight is 267 g/mol. The molecule has 0 spiro atoms. The molecule has 6 nitrogen and oxygen atoms in total. The summed E-state index contributed by atoms with van der Waals surface area (Å²) in [5, 5.41) is 0. The molecule has 106 valence electrons. The molecule has 0 bridgehead atoms. The molecule has 0 saturated carbocycles. The quantitative estimate of drug-likeness (QED) is 0.866. The average Bonchev–Trinajstić information content (AvgIpc) is 2.94. The maximum absolute atomic E-state index is 6.33. The van der Waals surface area contributed by atoms with Crippen molar-refractivity contribution in [3.05, 3.63) is 11.9 Å².